The molecule has 3 aromatic heterocycles. The SMILES string of the molecule is Cc1nn(CC(=O)Nc2nc(-c3cc(Cl)sc3Cl)cs2)c(C)c1[N+](=O)[O-]. The number of hydrogen-bond donors (Lipinski definition) is 1. The number of rotatable bonds is 5. The molecule has 26 heavy (non-hydrogen) atoms. The summed E-state index contributed by atoms with van der Waals surface area (Å²) in [6.07, 6.45) is 0. The minimum atomic E-state index is -0.505. The van der Waals surface area contributed by atoms with Gasteiger partial charge in [0, 0.05) is 10.9 Å². The average molecular weight is 432 g/mol. The monoisotopic (exact) mass is 431 g/mol. The number of carbonyl (C=O) groups excluding carboxylic acids is 1. The molecule has 0 aliphatic carbocycles. The van der Waals surface area contributed by atoms with Gasteiger partial charge in [-0.2, -0.15) is 5.10 Å². The van der Waals surface area contributed by atoms with Gasteiger partial charge in [-0.25, -0.2) is 4.98 Å². The third kappa shape index (κ3) is 3.73. The number of aromatic nitrogens is 3. The van der Waals surface area contributed by atoms with Crippen LogP contribution in [0.25, 0.3) is 11.3 Å². The first-order chi connectivity index (χ1) is 12.3. The van der Waals surface area contributed by atoms with Crippen molar-refractivity contribution in [2.24, 2.45) is 0 Å². The van der Waals surface area contributed by atoms with Crippen LogP contribution in [0.3, 0.4) is 0 Å². The summed E-state index contributed by atoms with van der Waals surface area (Å²) in [6, 6.07) is 1.71. The van der Waals surface area contributed by atoms with Gasteiger partial charge in [0.25, 0.3) is 0 Å². The van der Waals surface area contributed by atoms with Crippen LogP contribution in [0.4, 0.5) is 10.8 Å². The molecule has 0 unspecified atom stereocenters. The van der Waals surface area contributed by atoms with Gasteiger partial charge in [-0.15, -0.1) is 22.7 Å². The van der Waals surface area contributed by atoms with E-state index < -0.39 is 4.92 Å². The summed E-state index contributed by atoms with van der Waals surface area (Å²) < 4.78 is 2.37. The summed E-state index contributed by atoms with van der Waals surface area (Å²) in [5.74, 6) is -0.388. The number of nitro groups is 1. The van der Waals surface area contributed by atoms with Gasteiger partial charge in [-0.3, -0.25) is 19.6 Å². The van der Waals surface area contributed by atoms with Crippen LogP contribution in [0.5, 0.6) is 0 Å². The van der Waals surface area contributed by atoms with Gasteiger partial charge in [0.15, 0.2) is 5.13 Å². The fourth-order valence-electron chi connectivity index (χ4n) is 2.37. The quantitative estimate of drug-likeness (QED) is 0.471. The zero-order valence-electron chi connectivity index (χ0n) is 13.4. The van der Waals surface area contributed by atoms with Crippen LogP contribution in [0.1, 0.15) is 11.4 Å². The Morgan fingerprint density at radius 2 is 2.15 bits per heavy atom. The molecule has 0 saturated heterocycles. The van der Waals surface area contributed by atoms with E-state index in [1.165, 1.54) is 34.3 Å². The summed E-state index contributed by atoms with van der Waals surface area (Å²) in [6.45, 7) is 2.93. The van der Waals surface area contributed by atoms with Crippen LogP contribution in [-0.4, -0.2) is 25.6 Å². The van der Waals surface area contributed by atoms with E-state index >= 15 is 0 Å². The van der Waals surface area contributed by atoms with Crippen LogP contribution >= 0.6 is 45.9 Å². The molecule has 3 aromatic rings. The smallest absolute Gasteiger partial charge is 0.300 e. The Labute approximate surface area is 165 Å². The van der Waals surface area contributed by atoms with Gasteiger partial charge in [0.2, 0.25) is 5.91 Å². The third-order valence-electron chi connectivity index (χ3n) is 3.50. The molecule has 3 rings (SSSR count). The van der Waals surface area contributed by atoms with Gasteiger partial charge >= 0.3 is 5.69 Å². The zero-order valence-corrected chi connectivity index (χ0v) is 16.6. The maximum atomic E-state index is 12.2. The predicted molar refractivity (Wildman–Crippen MR) is 102 cm³/mol. The zero-order chi connectivity index (χ0) is 19.0. The van der Waals surface area contributed by atoms with Gasteiger partial charge in [0.05, 0.1) is 15.0 Å². The predicted octanol–water partition coefficient (Wildman–Crippen LogP) is 4.54. The number of halogens is 2. The van der Waals surface area contributed by atoms with E-state index in [4.69, 9.17) is 23.2 Å². The second-order valence-electron chi connectivity index (χ2n) is 5.26. The molecule has 0 radical (unpaired) electrons. The van der Waals surface area contributed by atoms with Crippen molar-refractivity contribution in [3.8, 4) is 11.3 Å². The molecule has 0 saturated carbocycles. The Morgan fingerprint density at radius 3 is 2.73 bits per heavy atom. The first-order valence-electron chi connectivity index (χ1n) is 7.15. The van der Waals surface area contributed by atoms with Crippen molar-refractivity contribution in [3.63, 3.8) is 0 Å². The number of anilines is 1. The number of carbonyl (C=O) groups is 1. The fraction of sp³-hybridized carbons (Fsp3) is 0.214. The third-order valence-corrected chi connectivity index (χ3v) is 5.75. The van der Waals surface area contributed by atoms with Crippen LogP contribution < -0.4 is 5.32 Å². The Balaban J connectivity index is 1.73. The molecule has 0 bridgehead atoms. The highest BCUT2D eigenvalue weighted by Crippen LogP contribution is 2.39. The largest absolute Gasteiger partial charge is 0.312 e. The van der Waals surface area contributed by atoms with Crippen molar-refractivity contribution in [2.45, 2.75) is 20.4 Å². The molecule has 1 N–H and O–H groups in total. The molecule has 0 fully saturated rings. The molecule has 0 spiro atoms. The topological polar surface area (TPSA) is 103 Å². The second-order valence-corrected chi connectivity index (χ2v) is 8.40. The van der Waals surface area contributed by atoms with E-state index in [0.717, 1.165) is 0 Å². The molecule has 0 aromatic carbocycles. The molecular formula is C14H11Cl2N5O3S2. The van der Waals surface area contributed by atoms with Crippen LogP contribution in [0.15, 0.2) is 11.4 Å². The Morgan fingerprint density at radius 1 is 1.42 bits per heavy atom. The number of aryl methyl sites for hydroxylation is 1. The van der Waals surface area contributed by atoms with Crippen molar-refractivity contribution >= 4 is 62.6 Å². The van der Waals surface area contributed by atoms with Crippen LogP contribution in [0, 0.1) is 24.0 Å². The van der Waals surface area contributed by atoms with E-state index in [2.05, 4.69) is 15.4 Å². The molecule has 3 heterocycles. The number of nitrogens with zero attached hydrogens (tertiary/aromatic N) is 4. The van der Waals surface area contributed by atoms with Crippen molar-refractivity contribution < 1.29 is 9.72 Å². The second kappa shape index (κ2) is 7.31. The lowest BCUT2D eigenvalue weighted by Gasteiger charge is -2.03. The van der Waals surface area contributed by atoms with Crippen molar-refractivity contribution in [2.75, 3.05) is 5.32 Å². The van der Waals surface area contributed by atoms with Crippen molar-refractivity contribution in [1.82, 2.24) is 14.8 Å². The molecule has 136 valence electrons. The summed E-state index contributed by atoms with van der Waals surface area (Å²) in [5.41, 5.74) is 1.81. The molecule has 1 amide bonds. The van der Waals surface area contributed by atoms with Gasteiger partial charge in [-0.05, 0) is 19.9 Å². The Hall–Kier alpha value is -2.01. The molecule has 0 aliphatic heterocycles. The van der Waals surface area contributed by atoms with E-state index in [1.807, 2.05) is 0 Å². The lowest BCUT2D eigenvalue weighted by molar-refractivity contribution is -0.386. The van der Waals surface area contributed by atoms with Crippen molar-refractivity contribution in [1.29, 1.82) is 0 Å². The summed E-state index contributed by atoms with van der Waals surface area (Å²) in [5, 5.41) is 19.9. The van der Waals surface area contributed by atoms with Crippen LogP contribution in [-0.2, 0) is 11.3 Å². The normalized spacial score (nSPS) is 10.9. The number of thiophene rings is 1. The van der Waals surface area contributed by atoms with Crippen molar-refractivity contribution in [3.05, 3.63) is 41.6 Å². The van der Waals surface area contributed by atoms with Gasteiger partial charge in [-0.1, -0.05) is 23.2 Å². The Kier molecular flexibility index (Phi) is 5.28. The first kappa shape index (κ1) is 18.8. The van der Waals surface area contributed by atoms with Gasteiger partial charge < -0.3 is 5.32 Å². The lowest BCUT2D eigenvalue weighted by atomic mass is 10.3. The minimum Gasteiger partial charge on any atom is -0.300 e. The average Bonchev–Trinajstić information content (AvgIpc) is 3.18. The number of thiazole rings is 1. The standard InChI is InChI=1S/C14H11Cl2N5O3S2/c1-6-12(21(23)24)7(2)20(19-6)4-11(22)18-14-17-9(5-25-14)8-3-10(15)26-13(8)16/h3,5H,4H2,1-2H3,(H,17,18,22). The van der Waals surface area contributed by atoms with E-state index in [1.54, 1.807) is 18.4 Å². The minimum absolute atomic E-state index is 0.0849. The summed E-state index contributed by atoms with van der Waals surface area (Å²) >= 11 is 14.5. The van der Waals surface area contributed by atoms with E-state index in [-0.39, 0.29) is 23.8 Å². The maximum Gasteiger partial charge on any atom is 0.312 e. The summed E-state index contributed by atoms with van der Waals surface area (Å²) in [7, 11) is 0. The number of nitrogens with one attached hydrogen (secondary N) is 1. The molecule has 8 nitrogen and oxygen atoms in total. The lowest BCUT2D eigenvalue weighted by Crippen LogP contribution is -2.20. The fourth-order valence-corrected chi connectivity index (χ4v) is 4.58. The number of hydrogen-bond acceptors (Lipinski definition) is 7. The highest BCUT2D eigenvalue weighted by atomic mass is 35.5. The summed E-state index contributed by atoms with van der Waals surface area (Å²) in [4.78, 5) is 27.1. The molecule has 0 atom stereocenters. The van der Waals surface area contributed by atoms with Crippen LogP contribution in [0.2, 0.25) is 8.67 Å². The molecular weight excluding hydrogens is 421 g/mol. The Bertz CT molecular complexity index is 1010. The maximum absolute atomic E-state index is 12.2. The number of amides is 1. The first-order valence-corrected chi connectivity index (χ1v) is 9.60. The van der Waals surface area contributed by atoms with E-state index in [9.17, 15) is 14.9 Å². The highest BCUT2D eigenvalue weighted by Gasteiger charge is 2.23. The molecule has 12 heteroatoms. The van der Waals surface area contributed by atoms with Gasteiger partial charge in [0.1, 0.15) is 22.3 Å². The van der Waals surface area contributed by atoms with E-state index in [0.29, 0.717) is 30.8 Å². The highest BCUT2D eigenvalue weighted by molar-refractivity contribution is 7.20. The molecule has 0 aliphatic rings.